The first-order valence-corrected chi connectivity index (χ1v) is 5.99. The molecule has 1 saturated carbocycles. The molecular weight excluding hydrogens is 204 g/mol. The Bertz CT molecular complexity index is 344. The van der Waals surface area contributed by atoms with Crippen LogP contribution in [0.15, 0.2) is 0 Å². The van der Waals surface area contributed by atoms with Gasteiger partial charge in [0, 0.05) is 13.0 Å². The average Bonchev–Trinajstić information content (AvgIpc) is 2.71. The van der Waals surface area contributed by atoms with Crippen molar-refractivity contribution in [3.05, 3.63) is 11.6 Å². The van der Waals surface area contributed by atoms with Gasteiger partial charge in [-0.15, -0.1) is 0 Å². The molecule has 0 spiro atoms. The molecule has 1 unspecified atom stereocenters. The Labute approximate surface area is 95.7 Å². The maximum Gasteiger partial charge on any atom is 0.154 e. The third-order valence-corrected chi connectivity index (χ3v) is 3.31. The highest BCUT2D eigenvalue weighted by atomic mass is 16.3. The summed E-state index contributed by atoms with van der Waals surface area (Å²) in [5.41, 5.74) is 5.76. The summed E-state index contributed by atoms with van der Waals surface area (Å²) >= 11 is 0. The lowest BCUT2D eigenvalue weighted by Gasteiger charge is -2.18. The smallest absolute Gasteiger partial charge is 0.154 e. The number of hydrogen-bond donors (Lipinski definition) is 2. The van der Waals surface area contributed by atoms with E-state index in [0.29, 0.717) is 11.7 Å². The summed E-state index contributed by atoms with van der Waals surface area (Å²) in [6.07, 6.45) is 6.22. The van der Waals surface area contributed by atoms with E-state index in [9.17, 15) is 0 Å². The average molecular weight is 224 g/mol. The van der Waals surface area contributed by atoms with Crippen LogP contribution < -0.4 is 5.73 Å². The predicted molar refractivity (Wildman–Crippen MR) is 60.8 cm³/mol. The van der Waals surface area contributed by atoms with E-state index in [1.54, 1.807) is 4.68 Å². The van der Waals surface area contributed by atoms with Gasteiger partial charge in [-0.25, -0.2) is 4.98 Å². The Hall–Kier alpha value is -0.940. The van der Waals surface area contributed by atoms with E-state index in [1.807, 2.05) is 7.05 Å². The molecule has 1 aliphatic carbocycles. The molecule has 0 saturated heterocycles. The molecule has 16 heavy (non-hydrogen) atoms. The largest absolute Gasteiger partial charge is 0.394 e. The van der Waals surface area contributed by atoms with Gasteiger partial charge < -0.3 is 10.8 Å². The summed E-state index contributed by atoms with van der Waals surface area (Å²) in [7, 11) is 1.84. The van der Waals surface area contributed by atoms with Crippen LogP contribution in [0.25, 0.3) is 0 Å². The molecule has 0 aliphatic heterocycles. The van der Waals surface area contributed by atoms with Gasteiger partial charge in [0.15, 0.2) is 5.82 Å². The number of aliphatic hydroxyl groups is 1. The second kappa shape index (κ2) is 4.93. The molecule has 1 atom stereocenters. The maximum atomic E-state index is 9.03. The van der Waals surface area contributed by atoms with Crippen molar-refractivity contribution in [2.45, 2.75) is 44.1 Å². The Balaban J connectivity index is 2.16. The van der Waals surface area contributed by atoms with Crippen LogP contribution in [0.1, 0.15) is 55.7 Å². The van der Waals surface area contributed by atoms with Crippen LogP contribution in [0.3, 0.4) is 0 Å². The van der Waals surface area contributed by atoms with Gasteiger partial charge in [0.1, 0.15) is 5.82 Å². The highest BCUT2D eigenvalue weighted by molar-refractivity contribution is 5.03. The van der Waals surface area contributed by atoms with Gasteiger partial charge in [0.05, 0.1) is 12.6 Å². The molecule has 90 valence electrons. The molecule has 0 aromatic carbocycles. The normalized spacial score (nSPS) is 19.9. The van der Waals surface area contributed by atoms with Crippen LogP contribution in [0, 0.1) is 0 Å². The van der Waals surface area contributed by atoms with Crippen molar-refractivity contribution >= 4 is 0 Å². The molecule has 0 bridgehead atoms. The van der Waals surface area contributed by atoms with E-state index in [0.717, 1.165) is 5.82 Å². The number of hydrogen-bond acceptors (Lipinski definition) is 4. The molecule has 2 rings (SSSR count). The van der Waals surface area contributed by atoms with E-state index in [2.05, 4.69) is 10.1 Å². The standard InChI is InChI=1S/C11H20N4O/c1-15-11(9(12)7-16)13-10(14-15)8-5-3-2-4-6-8/h8-9,16H,2-7,12H2,1H3. The zero-order chi connectivity index (χ0) is 11.5. The first kappa shape index (κ1) is 11.5. The number of aromatic nitrogens is 3. The summed E-state index contributed by atoms with van der Waals surface area (Å²) in [6.45, 7) is -0.0867. The van der Waals surface area contributed by atoms with Crippen LogP contribution >= 0.6 is 0 Å². The Morgan fingerprint density at radius 3 is 2.75 bits per heavy atom. The van der Waals surface area contributed by atoms with E-state index in [4.69, 9.17) is 10.8 Å². The summed E-state index contributed by atoms with van der Waals surface area (Å²) in [4.78, 5) is 4.47. The van der Waals surface area contributed by atoms with Crippen molar-refractivity contribution in [1.29, 1.82) is 0 Å². The molecule has 1 heterocycles. The van der Waals surface area contributed by atoms with E-state index in [-0.39, 0.29) is 6.61 Å². The monoisotopic (exact) mass is 224 g/mol. The maximum absolute atomic E-state index is 9.03. The van der Waals surface area contributed by atoms with Crippen LogP contribution in [0.4, 0.5) is 0 Å². The van der Waals surface area contributed by atoms with Crippen molar-refractivity contribution in [2.24, 2.45) is 12.8 Å². The summed E-state index contributed by atoms with van der Waals surface area (Å²) in [5, 5.41) is 13.4. The van der Waals surface area contributed by atoms with Gasteiger partial charge in [0.2, 0.25) is 0 Å². The van der Waals surface area contributed by atoms with Crippen molar-refractivity contribution < 1.29 is 5.11 Å². The number of rotatable bonds is 3. The topological polar surface area (TPSA) is 77.0 Å². The lowest BCUT2D eigenvalue weighted by Crippen LogP contribution is -2.19. The second-order valence-electron chi connectivity index (χ2n) is 4.58. The summed E-state index contributed by atoms with van der Waals surface area (Å²) in [6, 6.07) is -0.421. The minimum Gasteiger partial charge on any atom is -0.394 e. The molecule has 5 heteroatoms. The SMILES string of the molecule is Cn1nc(C2CCCCC2)nc1C(N)CO. The molecular formula is C11H20N4O. The first-order chi connectivity index (χ1) is 7.72. The fourth-order valence-corrected chi connectivity index (χ4v) is 2.36. The molecule has 3 N–H and O–H groups in total. The van der Waals surface area contributed by atoms with Crippen LogP contribution in [0.5, 0.6) is 0 Å². The van der Waals surface area contributed by atoms with Crippen molar-refractivity contribution in [3.8, 4) is 0 Å². The van der Waals surface area contributed by atoms with Gasteiger partial charge in [-0.05, 0) is 12.8 Å². The Kier molecular flexibility index (Phi) is 3.56. The van der Waals surface area contributed by atoms with Crippen LogP contribution in [-0.2, 0) is 7.05 Å². The predicted octanol–water partition coefficient (Wildman–Crippen LogP) is 0.855. The van der Waals surface area contributed by atoms with Gasteiger partial charge >= 0.3 is 0 Å². The van der Waals surface area contributed by atoms with Crippen molar-refractivity contribution in [3.63, 3.8) is 0 Å². The van der Waals surface area contributed by atoms with Gasteiger partial charge in [-0.2, -0.15) is 5.10 Å². The quantitative estimate of drug-likeness (QED) is 0.798. The number of nitrogens with zero attached hydrogens (tertiary/aromatic N) is 3. The minimum atomic E-state index is -0.421. The highest BCUT2D eigenvalue weighted by Crippen LogP contribution is 2.30. The Morgan fingerprint density at radius 1 is 1.44 bits per heavy atom. The van der Waals surface area contributed by atoms with Crippen molar-refractivity contribution in [2.75, 3.05) is 6.61 Å². The summed E-state index contributed by atoms with van der Waals surface area (Å²) < 4.78 is 1.70. The number of nitrogens with two attached hydrogens (primary N) is 1. The van der Waals surface area contributed by atoms with Crippen LogP contribution in [-0.4, -0.2) is 26.5 Å². The highest BCUT2D eigenvalue weighted by Gasteiger charge is 2.22. The van der Waals surface area contributed by atoms with E-state index >= 15 is 0 Å². The molecule has 1 aliphatic rings. The van der Waals surface area contributed by atoms with Crippen molar-refractivity contribution in [1.82, 2.24) is 14.8 Å². The Morgan fingerprint density at radius 2 is 2.12 bits per heavy atom. The fraction of sp³-hybridized carbons (Fsp3) is 0.818. The van der Waals surface area contributed by atoms with Gasteiger partial charge in [-0.3, -0.25) is 4.68 Å². The zero-order valence-electron chi connectivity index (χ0n) is 9.76. The van der Waals surface area contributed by atoms with Crippen LogP contribution in [0.2, 0.25) is 0 Å². The van der Waals surface area contributed by atoms with E-state index < -0.39 is 6.04 Å². The molecule has 0 amide bonds. The van der Waals surface area contributed by atoms with E-state index in [1.165, 1.54) is 32.1 Å². The molecule has 1 fully saturated rings. The zero-order valence-corrected chi connectivity index (χ0v) is 9.76. The minimum absolute atomic E-state index is 0.0867. The number of aliphatic hydroxyl groups excluding tert-OH is 1. The molecule has 0 radical (unpaired) electrons. The fourth-order valence-electron chi connectivity index (χ4n) is 2.36. The molecule has 1 aromatic rings. The lowest BCUT2D eigenvalue weighted by atomic mass is 9.89. The lowest BCUT2D eigenvalue weighted by molar-refractivity contribution is 0.260. The molecule has 1 aromatic heterocycles. The van der Waals surface area contributed by atoms with Gasteiger partial charge in [0.25, 0.3) is 0 Å². The first-order valence-electron chi connectivity index (χ1n) is 5.99. The third kappa shape index (κ3) is 2.25. The third-order valence-electron chi connectivity index (χ3n) is 3.31. The molecule has 5 nitrogen and oxygen atoms in total. The number of aryl methyl sites for hydroxylation is 1. The van der Waals surface area contributed by atoms with Gasteiger partial charge in [-0.1, -0.05) is 19.3 Å². The summed E-state index contributed by atoms with van der Waals surface area (Å²) in [5.74, 6) is 2.07. The second-order valence-corrected chi connectivity index (χ2v) is 4.58.